The van der Waals surface area contributed by atoms with Crippen molar-refractivity contribution in [3.05, 3.63) is 89.4 Å². The van der Waals surface area contributed by atoms with E-state index < -0.39 is 17.7 Å². The number of Topliss-reactive ketones (excluding diaryl/α,β-unsaturated/α-hetero) is 1. The van der Waals surface area contributed by atoms with E-state index in [-0.39, 0.29) is 17.9 Å². The van der Waals surface area contributed by atoms with Gasteiger partial charge in [-0.25, -0.2) is 0 Å². The average molecular weight is 433 g/mol. The molecule has 2 aromatic carbocycles. The molecule has 1 saturated heterocycles. The summed E-state index contributed by atoms with van der Waals surface area (Å²) in [5.41, 5.74) is 1.17. The maximum absolute atomic E-state index is 13.0. The van der Waals surface area contributed by atoms with Gasteiger partial charge in [-0.15, -0.1) is 0 Å². The lowest BCUT2D eigenvalue weighted by Gasteiger charge is -2.23. The predicted octanol–water partition coefficient (Wildman–Crippen LogP) is 4.31. The van der Waals surface area contributed by atoms with E-state index in [9.17, 15) is 14.7 Å². The lowest BCUT2D eigenvalue weighted by molar-refractivity contribution is -0.140. The monoisotopic (exact) mass is 433 g/mol. The van der Waals surface area contributed by atoms with Gasteiger partial charge in [-0.2, -0.15) is 0 Å². The fourth-order valence-electron chi connectivity index (χ4n) is 3.77. The molecule has 1 fully saturated rings. The molecule has 1 atom stereocenters. The Morgan fingerprint density at radius 2 is 1.84 bits per heavy atom. The molecule has 0 bridgehead atoms. The van der Waals surface area contributed by atoms with E-state index in [2.05, 4.69) is 0 Å². The van der Waals surface area contributed by atoms with Crippen molar-refractivity contribution in [2.45, 2.75) is 19.5 Å². The Labute approximate surface area is 185 Å². The van der Waals surface area contributed by atoms with Crippen molar-refractivity contribution in [1.29, 1.82) is 0 Å². The van der Waals surface area contributed by atoms with Crippen LogP contribution in [-0.2, 0) is 16.1 Å². The number of carbonyl (C=O) groups is 2. The number of nitrogens with zero attached hydrogens (tertiary/aromatic N) is 1. The third-order valence-electron chi connectivity index (χ3n) is 5.28. The number of rotatable bonds is 7. The van der Waals surface area contributed by atoms with Crippen molar-refractivity contribution >= 4 is 17.4 Å². The highest BCUT2D eigenvalue weighted by Gasteiger charge is 2.47. The normalized spacial score (nSPS) is 17.6. The van der Waals surface area contributed by atoms with Gasteiger partial charge < -0.3 is 23.9 Å². The molecule has 7 nitrogen and oxygen atoms in total. The second kappa shape index (κ2) is 9.01. The van der Waals surface area contributed by atoms with E-state index in [1.165, 1.54) is 11.2 Å². The smallest absolute Gasteiger partial charge is 0.296 e. The fraction of sp³-hybridized carbons (Fsp3) is 0.200. The quantitative estimate of drug-likeness (QED) is 0.339. The minimum atomic E-state index is -0.858. The number of likely N-dealkylation sites (tertiary alicyclic amines) is 1. The second-order valence-corrected chi connectivity index (χ2v) is 7.25. The first-order chi connectivity index (χ1) is 15.5. The second-order valence-electron chi connectivity index (χ2n) is 7.25. The number of carbonyl (C=O) groups excluding carboxylic acids is 2. The molecule has 7 heteroatoms. The Hall–Kier alpha value is -4.00. The molecule has 0 aliphatic carbocycles. The van der Waals surface area contributed by atoms with Crippen molar-refractivity contribution < 1.29 is 28.6 Å². The molecule has 0 saturated carbocycles. The number of ketones is 1. The van der Waals surface area contributed by atoms with Gasteiger partial charge in [0.2, 0.25) is 0 Å². The van der Waals surface area contributed by atoms with Crippen molar-refractivity contribution in [1.82, 2.24) is 4.90 Å². The highest BCUT2D eigenvalue weighted by molar-refractivity contribution is 6.46. The molecule has 1 aliphatic heterocycles. The Morgan fingerprint density at radius 3 is 2.50 bits per heavy atom. The predicted molar refractivity (Wildman–Crippen MR) is 117 cm³/mol. The van der Waals surface area contributed by atoms with Gasteiger partial charge in [0, 0.05) is 12.1 Å². The summed E-state index contributed by atoms with van der Waals surface area (Å²) in [6.45, 7) is 2.48. The number of hydrogen-bond acceptors (Lipinski definition) is 6. The number of methoxy groups -OCH3 is 1. The van der Waals surface area contributed by atoms with Crippen LogP contribution in [0.4, 0.5) is 0 Å². The van der Waals surface area contributed by atoms with Gasteiger partial charge in [-0.05, 0) is 48.9 Å². The first kappa shape index (κ1) is 21.2. The lowest BCUT2D eigenvalue weighted by atomic mass is 9.99. The number of benzene rings is 2. The molecule has 164 valence electrons. The molecule has 1 amide bonds. The van der Waals surface area contributed by atoms with E-state index >= 15 is 0 Å². The van der Waals surface area contributed by atoms with Crippen LogP contribution in [-0.4, -0.2) is 35.4 Å². The third kappa shape index (κ3) is 3.97. The van der Waals surface area contributed by atoms with Gasteiger partial charge >= 0.3 is 0 Å². The molecular formula is C25H23NO6. The zero-order chi connectivity index (χ0) is 22.7. The van der Waals surface area contributed by atoms with Crippen molar-refractivity contribution in [2.75, 3.05) is 13.7 Å². The highest BCUT2D eigenvalue weighted by Crippen LogP contribution is 2.40. The van der Waals surface area contributed by atoms with E-state index in [1.807, 2.05) is 19.1 Å². The summed E-state index contributed by atoms with van der Waals surface area (Å²) < 4.78 is 16.2. The zero-order valence-corrected chi connectivity index (χ0v) is 17.8. The molecular weight excluding hydrogens is 410 g/mol. The van der Waals surface area contributed by atoms with Crippen LogP contribution in [0.25, 0.3) is 5.76 Å². The summed E-state index contributed by atoms with van der Waals surface area (Å²) in [5, 5.41) is 11.1. The van der Waals surface area contributed by atoms with E-state index in [1.54, 1.807) is 55.6 Å². The maximum atomic E-state index is 13.0. The maximum Gasteiger partial charge on any atom is 0.296 e. The van der Waals surface area contributed by atoms with Crippen LogP contribution >= 0.6 is 0 Å². The van der Waals surface area contributed by atoms with E-state index in [0.717, 1.165) is 5.56 Å². The average Bonchev–Trinajstić information content (AvgIpc) is 3.42. The van der Waals surface area contributed by atoms with E-state index in [0.29, 0.717) is 29.4 Å². The van der Waals surface area contributed by atoms with Gasteiger partial charge in [0.15, 0.2) is 0 Å². The van der Waals surface area contributed by atoms with Gasteiger partial charge in [-0.3, -0.25) is 9.59 Å². The van der Waals surface area contributed by atoms with Crippen LogP contribution in [0.1, 0.15) is 29.9 Å². The van der Waals surface area contributed by atoms with Gasteiger partial charge in [0.05, 0.1) is 25.6 Å². The Morgan fingerprint density at radius 1 is 1.06 bits per heavy atom. The molecule has 1 aliphatic rings. The fourth-order valence-corrected chi connectivity index (χ4v) is 3.77. The largest absolute Gasteiger partial charge is 0.507 e. The minimum Gasteiger partial charge on any atom is -0.507 e. The number of furan rings is 1. The molecule has 0 radical (unpaired) electrons. The molecule has 4 rings (SSSR count). The lowest BCUT2D eigenvalue weighted by Crippen LogP contribution is -2.29. The number of aliphatic hydroxyl groups excluding tert-OH is 1. The van der Waals surface area contributed by atoms with Crippen molar-refractivity contribution in [2.24, 2.45) is 0 Å². The summed E-state index contributed by atoms with van der Waals surface area (Å²) in [6, 6.07) is 16.5. The molecule has 1 N–H and O–H groups in total. The van der Waals surface area contributed by atoms with Crippen molar-refractivity contribution in [3.8, 4) is 11.5 Å². The number of aliphatic hydroxyl groups is 1. The SMILES string of the molecule is CCOc1cccc(/C(O)=C2/C(=O)C(=O)N(Cc3ccc(OC)cc3)C2c2ccco2)c1. The summed E-state index contributed by atoms with van der Waals surface area (Å²) in [6.07, 6.45) is 1.47. The summed E-state index contributed by atoms with van der Waals surface area (Å²) in [4.78, 5) is 27.4. The Bertz CT molecular complexity index is 1150. The van der Waals surface area contributed by atoms with E-state index in [4.69, 9.17) is 13.9 Å². The van der Waals surface area contributed by atoms with Crippen LogP contribution in [0.3, 0.4) is 0 Å². The number of amides is 1. The molecule has 1 unspecified atom stereocenters. The molecule has 1 aromatic heterocycles. The van der Waals surface area contributed by atoms with Crippen LogP contribution < -0.4 is 9.47 Å². The van der Waals surface area contributed by atoms with Crippen molar-refractivity contribution in [3.63, 3.8) is 0 Å². The van der Waals surface area contributed by atoms with Crippen LogP contribution in [0.15, 0.2) is 76.9 Å². The molecule has 2 heterocycles. The summed E-state index contributed by atoms with van der Waals surface area (Å²) in [7, 11) is 1.57. The van der Waals surface area contributed by atoms with Crippen LogP contribution in [0.5, 0.6) is 11.5 Å². The molecule has 3 aromatic rings. The van der Waals surface area contributed by atoms with Gasteiger partial charge in [0.25, 0.3) is 11.7 Å². The summed E-state index contributed by atoms with van der Waals surface area (Å²) >= 11 is 0. The van der Waals surface area contributed by atoms with Gasteiger partial charge in [0.1, 0.15) is 29.1 Å². The highest BCUT2D eigenvalue weighted by atomic mass is 16.5. The van der Waals surface area contributed by atoms with Crippen LogP contribution in [0, 0.1) is 0 Å². The third-order valence-corrected chi connectivity index (χ3v) is 5.28. The summed E-state index contributed by atoms with van der Waals surface area (Å²) in [5.74, 6) is -0.112. The molecule has 32 heavy (non-hydrogen) atoms. The standard InChI is InChI=1S/C25H23NO6/c1-3-31-19-7-4-6-17(14-19)23(27)21-22(20-8-5-13-32-20)26(25(29)24(21)28)15-16-9-11-18(30-2)12-10-16/h4-14,22,27H,3,15H2,1-2H3/b23-21-. The minimum absolute atomic E-state index is 0.0212. The molecule has 0 spiro atoms. The zero-order valence-electron chi connectivity index (χ0n) is 17.8. The first-order valence-electron chi connectivity index (χ1n) is 10.2. The number of ether oxygens (including phenoxy) is 2. The Kier molecular flexibility index (Phi) is 5.98. The van der Waals surface area contributed by atoms with Crippen LogP contribution in [0.2, 0.25) is 0 Å². The topological polar surface area (TPSA) is 89.2 Å². The van der Waals surface area contributed by atoms with Gasteiger partial charge in [-0.1, -0.05) is 24.3 Å². The Balaban J connectivity index is 1.77. The number of hydrogen-bond donors (Lipinski definition) is 1. The first-order valence-corrected chi connectivity index (χ1v) is 10.2.